The molecule has 1 aliphatic rings. The van der Waals surface area contributed by atoms with Gasteiger partial charge in [-0.25, -0.2) is 9.97 Å². The molecule has 3 rings (SSSR count). The van der Waals surface area contributed by atoms with Crippen molar-refractivity contribution in [2.45, 2.75) is 26.7 Å². The van der Waals surface area contributed by atoms with Crippen LogP contribution >= 0.6 is 11.3 Å². The summed E-state index contributed by atoms with van der Waals surface area (Å²) in [6.07, 6.45) is 5.61. The minimum absolute atomic E-state index is 0.0385. The van der Waals surface area contributed by atoms with Crippen molar-refractivity contribution in [3.05, 3.63) is 47.8 Å². The number of nitrogens with zero attached hydrogens (tertiary/aromatic N) is 8. The number of carbonyl (C=O) groups is 1. The molecule has 0 N–H and O–H groups in total. The van der Waals surface area contributed by atoms with Crippen molar-refractivity contribution < 1.29 is 14.6 Å². The van der Waals surface area contributed by atoms with E-state index < -0.39 is 4.92 Å². The number of fused-ring (bicyclic) bond motifs is 1. The molecule has 0 spiro atoms. The molecule has 35 heavy (non-hydrogen) atoms. The van der Waals surface area contributed by atoms with Crippen LogP contribution < -0.4 is 4.90 Å². The fraction of sp³-hybridized carbons (Fsp3) is 0.500. The van der Waals surface area contributed by atoms with Crippen molar-refractivity contribution in [3.8, 4) is 0 Å². The molecule has 13 heteroatoms. The van der Waals surface area contributed by atoms with E-state index in [2.05, 4.69) is 33.5 Å². The van der Waals surface area contributed by atoms with Crippen LogP contribution in [0.4, 0.5) is 10.8 Å². The summed E-state index contributed by atoms with van der Waals surface area (Å²) < 4.78 is 0. The number of anilines is 1. The summed E-state index contributed by atoms with van der Waals surface area (Å²) in [7, 11) is 0. The van der Waals surface area contributed by atoms with Crippen LogP contribution in [0.3, 0.4) is 0 Å². The zero-order valence-electron chi connectivity index (χ0n) is 20.2. The first kappa shape index (κ1) is 27.8. The summed E-state index contributed by atoms with van der Waals surface area (Å²) in [6.45, 7) is 14.6. The van der Waals surface area contributed by atoms with Gasteiger partial charge in [0.1, 0.15) is 17.0 Å². The van der Waals surface area contributed by atoms with Gasteiger partial charge in [-0.3, -0.25) is 19.7 Å². The van der Waals surface area contributed by atoms with Crippen molar-refractivity contribution in [1.29, 1.82) is 0 Å². The molecule has 3 heterocycles. The normalized spacial score (nSPS) is 13.4. The van der Waals surface area contributed by atoms with Crippen molar-refractivity contribution in [2.75, 3.05) is 50.8 Å². The highest BCUT2D eigenvalue weighted by Gasteiger charge is 2.24. The largest absolute Gasteiger partial charge is 0.352 e. The zero-order chi connectivity index (χ0) is 25.6. The first-order chi connectivity index (χ1) is 17.0. The van der Waals surface area contributed by atoms with Crippen LogP contribution in [0.2, 0.25) is 0 Å². The summed E-state index contributed by atoms with van der Waals surface area (Å²) in [6, 6.07) is 1.51. The van der Waals surface area contributed by atoms with Crippen LogP contribution in [0.25, 0.3) is 10.2 Å². The minimum Gasteiger partial charge on any atom is -0.352 e. The van der Waals surface area contributed by atoms with Crippen molar-refractivity contribution in [1.82, 2.24) is 20.0 Å². The van der Waals surface area contributed by atoms with E-state index in [1.807, 2.05) is 23.6 Å². The molecule has 2 aromatic heterocycles. The number of hydrogen-bond donors (Lipinski definition) is 0. The third-order valence-corrected chi connectivity index (χ3v) is 5.84. The Labute approximate surface area is 208 Å². The molecule has 2 aromatic rings. The van der Waals surface area contributed by atoms with Crippen molar-refractivity contribution >= 4 is 38.3 Å². The van der Waals surface area contributed by atoms with Crippen molar-refractivity contribution in [3.63, 3.8) is 0 Å². The standard InChI is InChI=1S/C20H26N8O4S.C2H6/c1-3-7-23-24-27(8-4-2)32-13-5-6-17(29)25-9-11-26(12-10-25)19-16-14-18(28(30)31)33-20(16)22-15-21-19;1-2/h3-4,14-15H,1-2,5-13H2;1-2H3. The fourth-order valence-corrected chi connectivity index (χ4v) is 4.09. The Morgan fingerprint density at radius 1 is 1.29 bits per heavy atom. The molecule has 1 amide bonds. The predicted molar refractivity (Wildman–Crippen MR) is 136 cm³/mol. The Balaban J connectivity index is 0.00000210. The van der Waals surface area contributed by atoms with Gasteiger partial charge >= 0.3 is 5.00 Å². The molecular formula is C22H32N8O4S. The summed E-state index contributed by atoms with van der Waals surface area (Å²) in [5.41, 5.74) is 0. The monoisotopic (exact) mass is 504 g/mol. The van der Waals surface area contributed by atoms with Crippen LogP contribution in [0.1, 0.15) is 26.7 Å². The van der Waals surface area contributed by atoms with Gasteiger partial charge in [0.15, 0.2) is 0 Å². The quantitative estimate of drug-likeness (QED) is 0.139. The maximum atomic E-state index is 12.6. The molecule has 1 fully saturated rings. The second-order valence-corrected chi connectivity index (χ2v) is 8.10. The molecule has 0 radical (unpaired) electrons. The first-order valence-corrected chi connectivity index (χ1v) is 12.3. The average Bonchev–Trinajstić information content (AvgIpc) is 3.33. The lowest BCUT2D eigenvalue weighted by molar-refractivity contribution is -0.380. The summed E-state index contributed by atoms with van der Waals surface area (Å²) in [5.74, 6) is 0.721. The van der Waals surface area contributed by atoms with E-state index in [9.17, 15) is 14.9 Å². The molecular weight excluding hydrogens is 472 g/mol. The summed E-state index contributed by atoms with van der Waals surface area (Å²) in [4.78, 5) is 41.7. The molecule has 0 aliphatic carbocycles. The maximum absolute atomic E-state index is 12.6. The number of carbonyl (C=O) groups excluding carboxylic acids is 1. The lowest BCUT2D eigenvalue weighted by Crippen LogP contribution is -2.49. The molecule has 0 atom stereocenters. The smallest absolute Gasteiger partial charge is 0.326 e. The number of hydroxylamine groups is 1. The second kappa shape index (κ2) is 14.7. The van der Waals surface area contributed by atoms with Gasteiger partial charge in [-0.1, -0.05) is 26.0 Å². The highest BCUT2D eigenvalue weighted by atomic mass is 32.1. The van der Waals surface area contributed by atoms with E-state index in [1.165, 1.54) is 17.6 Å². The number of thiophene rings is 1. The Morgan fingerprint density at radius 3 is 2.69 bits per heavy atom. The molecule has 0 bridgehead atoms. The van der Waals surface area contributed by atoms with E-state index >= 15 is 0 Å². The van der Waals surface area contributed by atoms with E-state index in [4.69, 9.17) is 4.84 Å². The summed E-state index contributed by atoms with van der Waals surface area (Å²) >= 11 is 1.03. The Bertz CT molecular complexity index is 1020. The van der Waals surface area contributed by atoms with Gasteiger partial charge in [-0.15, -0.1) is 13.2 Å². The van der Waals surface area contributed by atoms with Crippen LogP contribution in [0, 0.1) is 10.1 Å². The molecule has 190 valence electrons. The zero-order valence-corrected chi connectivity index (χ0v) is 21.0. The van der Waals surface area contributed by atoms with E-state index in [0.29, 0.717) is 74.8 Å². The van der Waals surface area contributed by atoms with Gasteiger partial charge in [0.05, 0.1) is 30.0 Å². The van der Waals surface area contributed by atoms with E-state index in [0.717, 1.165) is 11.3 Å². The fourth-order valence-electron chi connectivity index (χ4n) is 3.28. The highest BCUT2D eigenvalue weighted by Crippen LogP contribution is 2.34. The lowest BCUT2D eigenvalue weighted by Gasteiger charge is -2.35. The number of aromatic nitrogens is 2. The second-order valence-electron chi connectivity index (χ2n) is 7.09. The molecule has 0 aromatic carbocycles. The lowest BCUT2D eigenvalue weighted by atomic mass is 10.2. The summed E-state index contributed by atoms with van der Waals surface area (Å²) in [5, 5.41) is 21.0. The maximum Gasteiger partial charge on any atom is 0.326 e. The third kappa shape index (κ3) is 8.07. The molecule has 1 aliphatic heterocycles. The Morgan fingerprint density at radius 2 is 2.03 bits per heavy atom. The average molecular weight is 505 g/mol. The topological polar surface area (TPSA) is 130 Å². The van der Waals surface area contributed by atoms with Gasteiger partial charge < -0.3 is 9.80 Å². The van der Waals surface area contributed by atoms with Gasteiger partial charge in [0.2, 0.25) is 5.91 Å². The van der Waals surface area contributed by atoms with E-state index in [1.54, 1.807) is 12.2 Å². The van der Waals surface area contributed by atoms with Gasteiger partial charge in [-0.05, 0) is 23.0 Å². The SMILES string of the molecule is C=CCN=NN(CC=C)OCCCC(=O)N1CCN(c2ncnc3sc([N+](=O)[O-])cc23)CC1.CC. The number of rotatable bonds is 12. The van der Waals surface area contributed by atoms with Crippen LogP contribution in [0.5, 0.6) is 0 Å². The molecule has 0 unspecified atom stereocenters. The number of hydrogen-bond acceptors (Lipinski definition) is 10. The minimum atomic E-state index is -0.419. The van der Waals surface area contributed by atoms with Crippen LogP contribution in [0.15, 0.2) is 48.0 Å². The molecule has 1 saturated heterocycles. The Hall–Kier alpha value is -3.45. The highest BCUT2D eigenvalue weighted by molar-refractivity contribution is 7.21. The Kier molecular flexibility index (Phi) is 11.7. The van der Waals surface area contributed by atoms with Crippen LogP contribution in [-0.4, -0.2) is 76.7 Å². The third-order valence-electron chi connectivity index (χ3n) is 4.84. The van der Waals surface area contributed by atoms with Crippen LogP contribution in [-0.2, 0) is 9.63 Å². The molecule has 0 saturated carbocycles. The van der Waals surface area contributed by atoms with E-state index in [-0.39, 0.29) is 10.9 Å². The number of piperazine rings is 1. The van der Waals surface area contributed by atoms with Gasteiger partial charge in [0.25, 0.3) is 0 Å². The predicted octanol–water partition coefficient (Wildman–Crippen LogP) is 4.03. The number of nitro groups is 1. The van der Waals surface area contributed by atoms with Gasteiger partial charge in [0, 0.05) is 38.7 Å². The molecule has 12 nitrogen and oxygen atoms in total. The van der Waals surface area contributed by atoms with Crippen molar-refractivity contribution in [2.24, 2.45) is 10.3 Å². The first-order valence-electron chi connectivity index (χ1n) is 11.4. The van der Waals surface area contributed by atoms with Gasteiger partial charge in [-0.2, -0.15) is 10.3 Å². The number of amides is 1.